The molecule has 1 aliphatic rings. The molecule has 1 N–H and O–H groups in total. The first-order valence-corrected chi connectivity index (χ1v) is 11.2. The van der Waals surface area contributed by atoms with E-state index in [4.69, 9.17) is 14.7 Å². The minimum atomic E-state index is -0.0916. The Labute approximate surface area is 181 Å². The molecule has 0 radical (unpaired) electrons. The summed E-state index contributed by atoms with van der Waals surface area (Å²) in [4.78, 5) is 24.5. The van der Waals surface area contributed by atoms with Crippen molar-refractivity contribution in [1.82, 2.24) is 9.97 Å². The zero-order valence-corrected chi connectivity index (χ0v) is 18.2. The number of hydrogen-bond donors (Lipinski definition) is 1. The summed E-state index contributed by atoms with van der Waals surface area (Å²) in [5, 5.41) is 4.78. The molecular formula is C23H26N4O2S. The van der Waals surface area contributed by atoms with E-state index in [1.54, 1.807) is 7.11 Å². The number of thioether (sulfide) groups is 1. The summed E-state index contributed by atoms with van der Waals surface area (Å²) in [5.74, 6) is 1.58. The van der Waals surface area contributed by atoms with Gasteiger partial charge in [0.1, 0.15) is 10.8 Å². The van der Waals surface area contributed by atoms with Crippen LogP contribution in [0.25, 0.3) is 10.9 Å². The number of rotatable bonds is 6. The van der Waals surface area contributed by atoms with Crippen LogP contribution in [0.2, 0.25) is 0 Å². The maximum Gasteiger partial charge on any atom is 0.234 e. The molecule has 1 fully saturated rings. The number of anilines is 2. The maximum atomic E-state index is 12.6. The van der Waals surface area contributed by atoms with Crippen LogP contribution in [-0.2, 0) is 4.79 Å². The van der Waals surface area contributed by atoms with Crippen molar-refractivity contribution >= 4 is 40.2 Å². The summed E-state index contributed by atoms with van der Waals surface area (Å²) >= 11 is 1.44. The van der Waals surface area contributed by atoms with Crippen molar-refractivity contribution in [2.75, 3.05) is 36.2 Å². The fourth-order valence-electron chi connectivity index (χ4n) is 3.62. The Morgan fingerprint density at radius 3 is 2.73 bits per heavy atom. The first kappa shape index (κ1) is 20.5. The van der Waals surface area contributed by atoms with Crippen molar-refractivity contribution in [3.05, 3.63) is 48.0 Å². The van der Waals surface area contributed by atoms with E-state index in [1.165, 1.54) is 31.0 Å². The number of carbonyl (C=O) groups excluding carboxylic acids is 1. The van der Waals surface area contributed by atoms with Gasteiger partial charge >= 0.3 is 0 Å². The van der Waals surface area contributed by atoms with Gasteiger partial charge in [0.15, 0.2) is 0 Å². The van der Waals surface area contributed by atoms with Gasteiger partial charge < -0.3 is 15.0 Å². The number of nitrogens with one attached hydrogen (secondary N) is 1. The largest absolute Gasteiger partial charge is 0.495 e. The van der Waals surface area contributed by atoms with Crippen LogP contribution in [0, 0.1) is 6.92 Å². The molecule has 0 unspecified atom stereocenters. The highest BCUT2D eigenvalue weighted by molar-refractivity contribution is 8.00. The second-order valence-electron chi connectivity index (χ2n) is 7.43. The summed E-state index contributed by atoms with van der Waals surface area (Å²) in [6.07, 6.45) is 3.59. The molecule has 1 amide bonds. The van der Waals surface area contributed by atoms with E-state index in [0.717, 1.165) is 40.5 Å². The highest BCUT2D eigenvalue weighted by Crippen LogP contribution is 2.30. The maximum absolute atomic E-state index is 12.6. The summed E-state index contributed by atoms with van der Waals surface area (Å²) in [5.41, 5.74) is 2.66. The Kier molecular flexibility index (Phi) is 6.38. The van der Waals surface area contributed by atoms with E-state index in [0.29, 0.717) is 11.4 Å². The molecule has 0 saturated carbocycles. The van der Waals surface area contributed by atoms with Crippen LogP contribution in [0.3, 0.4) is 0 Å². The van der Waals surface area contributed by atoms with Crippen LogP contribution in [0.5, 0.6) is 5.75 Å². The minimum absolute atomic E-state index is 0.0916. The quantitative estimate of drug-likeness (QED) is 0.460. The molecule has 30 heavy (non-hydrogen) atoms. The van der Waals surface area contributed by atoms with Gasteiger partial charge in [-0.15, -0.1) is 0 Å². The summed E-state index contributed by atoms with van der Waals surface area (Å²) in [6, 6.07) is 13.7. The zero-order chi connectivity index (χ0) is 20.9. The normalized spacial score (nSPS) is 14.0. The molecule has 1 aliphatic heterocycles. The molecule has 0 aliphatic carbocycles. The van der Waals surface area contributed by atoms with Crippen molar-refractivity contribution in [2.24, 2.45) is 0 Å². The van der Waals surface area contributed by atoms with E-state index >= 15 is 0 Å². The van der Waals surface area contributed by atoms with E-state index in [1.807, 2.05) is 49.4 Å². The van der Waals surface area contributed by atoms with Gasteiger partial charge in [0.25, 0.3) is 0 Å². The average Bonchev–Trinajstić information content (AvgIpc) is 2.78. The van der Waals surface area contributed by atoms with Crippen molar-refractivity contribution in [3.63, 3.8) is 0 Å². The zero-order valence-electron chi connectivity index (χ0n) is 17.4. The molecule has 156 valence electrons. The lowest BCUT2D eigenvalue weighted by molar-refractivity contribution is -0.113. The lowest BCUT2D eigenvalue weighted by atomic mass is 10.1. The van der Waals surface area contributed by atoms with E-state index in [-0.39, 0.29) is 11.7 Å². The Balaban J connectivity index is 1.53. The van der Waals surface area contributed by atoms with Crippen molar-refractivity contribution < 1.29 is 9.53 Å². The number of piperidine rings is 1. The van der Waals surface area contributed by atoms with Gasteiger partial charge in [-0.1, -0.05) is 36.0 Å². The SMILES string of the molecule is COc1ccc(C)cc1NC(=O)CSc1nc(N2CCCCC2)nc2ccccc12. The Morgan fingerprint density at radius 1 is 1.13 bits per heavy atom. The van der Waals surface area contributed by atoms with Gasteiger partial charge in [0.05, 0.1) is 24.1 Å². The smallest absolute Gasteiger partial charge is 0.234 e. The van der Waals surface area contributed by atoms with Crippen LogP contribution in [0.1, 0.15) is 24.8 Å². The third kappa shape index (κ3) is 4.67. The number of para-hydroxylation sites is 1. The van der Waals surface area contributed by atoms with Crippen molar-refractivity contribution in [1.29, 1.82) is 0 Å². The number of aryl methyl sites for hydroxylation is 1. The number of carbonyl (C=O) groups is 1. The lowest BCUT2D eigenvalue weighted by Gasteiger charge is -2.27. The summed E-state index contributed by atoms with van der Waals surface area (Å²) in [7, 11) is 1.60. The highest BCUT2D eigenvalue weighted by atomic mass is 32.2. The number of methoxy groups -OCH3 is 1. The first-order chi connectivity index (χ1) is 14.6. The fraction of sp³-hybridized carbons (Fsp3) is 0.348. The number of amides is 1. The van der Waals surface area contributed by atoms with Gasteiger partial charge in [0.2, 0.25) is 11.9 Å². The van der Waals surface area contributed by atoms with Crippen molar-refractivity contribution in [2.45, 2.75) is 31.2 Å². The highest BCUT2D eigenvalue weighted by Gasteiger charge is 2.17. The molecule has 1 aromatic heterocycles. The number of hydrogen-bond acceptors (Lipinski definition) is 6. The molecule has 4 rings (SSSR count). The van der Waals surface area contributed by atoms with Gasteiger partial charge in [-0.05, 0) is 49.9 Å². The standard InChI is InChI=1S/C23H26N4O2S/c1-16-10-11-20(29-2)19(14-16)24-21(28)15-30-22-17-8-4-5-9-18(17)25-23(26-22)27-12-6-3-7-13-27/h4-5,8-11,14H,3,6-7,12-13,15H2,1-2H3,(H,24,28). The number of fused-ring (bicyclic) bond motifs is 1. The van der Waals surface area contributed by atoms with Crippen LogP contribution in [0.4, 0.5) is 11.6 Å². The Morgan fingerprint density at radius 2 is 1.93 bits per heavy atom. The number of nitrogens with zero attached hydrogens (tertiary/aromatic N) is 3. The van der Waals surface area contributed by atoms with Gasteiger partial charge in [0, 0.05) is 18.5 Å². The third-order valence-electron chi connectivity index (χ3n) is 5.16. The van der Waals surface area contributed by atoms with Gasteiger partial charge in [-0.3, -0.25) is 4.79 Å². The summed E-state index contributed by atoms with van der Waals surface area (Å²) < 4.78 is 5.36. The molecule has 0 spiro atoms. The molecule has 2 aromatic carbocycles. The lowest BCUT2D eigenvalue weighted by Crippen LogP contribution is -2.31. The van der Waals surface area contributed by atoms with E-state index in [2.05, 4.69) is 10.2 Å². The fourth-order valence-corrected chi connectivity index (χ4v) is 4.44. The predicted octanol–water partition coefficient (Wildman–Crippen LogP) is 4.67. The van der Waals surface area contributed by atoms with Gasteiger partial charge in [-0.25, -0.2) is 9.97 Å². The topological polar surface area (TPSA) is 67.3 Å². The van der Waals surface area contributed by atoms with E-state index < -0.39 is 0 Å². The number of benzene rings is 2. The molecule has 2 heterocycles. The molecule has 1 saturated heterocycles. The third-order valence-corrected chi connectivity index (χ3v) is 6.16. The summed E-state index contributed by atoms with van der Waals surface area (Å²) in [6.45, 7) is 3.95. The van der Waals surface area contributed by atoms with Crippen LogP contribution in [-0.4, -0.2) is 41.8 Å². The molecule has 0 atom stereocenters. The Bertz CT molecular complexity index is 1050. The predicted molar refractivity (Wildman–Crippen MR) is 123 cm³/mol. The van der Waals surface area contributed by atoms with E-state index in [9.17, 15) is 4.79 Å². The minimum Gasteiger partial charge on any atom is -0.495 e. The Hall–Kier alpha value is -2.80. The second-order valence-corrected chi connectivity index (χ2v) is 8.40. The molecular weight excluding hydrogens is 396 g/mol. The molecule has 0 bridgehead atoms. The van der Waals surface area contributed by atoms with Crippen molar-refractivity contribution in [3.8, 4) is 5.75 Å². The average molecular weight is 423 g/mol. The van der Waals surface area contributed by atoms with Gasteiger partial charge in [-0.2, -0.15) is 0 Å². The second kappa shape index (κ2) is 9.34. The molecule has 3 aromatic rings. The molecule has 6 nitrogen and oxygen atoms in total. The monoisotopic (exact) mass is 422 g/mol. The number of aromatic nitrogens is 2. The molecule has 7 heteroatoms. The van der Waals surface area contributed by atoms with Crippen LogP contribution < -0.4 is 15.0 Å². The number of ether oxygens (including phenoxy) is 1. The van der Waals surface area contributed by atoms with Crippen LogP contribution in [0.15, 0.2) is 47.5 Å². The van der Waals surface area contributed by atoms with Crippen LogP contribution >= 0.6 is 11.8 Å². The first-order valence-electron chi connectivity index (χ1n) is 10.2.